The van der Waals surface area contributed by atoms with Crippen molar-refractivity contribution in [1.82, 2.24) is 4.98 Å². The Kier molecular flexibility index (Phi) is 9.61. The number of esters is 1. The van der Waals surface area contributed by atoms with Crippen molar-refractivity contribution in [1.29, 1.82) is 10.5 Å². The summed E-state index contributed by atoms with van der Waals surface area (Å²) in [6, 6.07) is 17.8. The zero-order valence-electron chi connectivity index (χ0n) is 23.1. The summed E-state index contributed by atoms with van der Waals surface area (Å²) >= 11 is 0. The van der Waals surface area contributed by atoms with Crippen molar-refractivity contribution in [3.8, 4) is 17.9 Å². The van der Waals surface area contributed by atoms with Crippen LogP contribution in [0.25, 0.3) is 6.08 Å². The molecule has 0 saturated heterocycles. The fourth-order valence-corrected chi connectivity index (χ4v) is 3.67. The number of carbonyl (C=O) groups is 2. The van der Waals surface area contributed by atoms with Crippen LogP contribution in [0.15, 0.2) is 60.8 Å². The van der Waals surface area contributed by atoms with Crippen LogP contribution in [0.2, 0.25) is 0 Å². The van der Waals surface area contributed by atoms with Crippen LogP contribution in [0, 0.1) is 29.6 Å². The maximum atomic E-state index is 13.3. The molecule has 1 aromatic heterocycles. The first kappa shape index (κ1) is 29.4. The average molecular weight is 539 g/mol. The maximum absolute atomic E-state index is 13.3. The Bertz CT molecular complexity index is 1490. The highest BCUT2D eigenvalue weighted by Gasteiger charge is 2.25. The number of ether oxygens (including phenoxy) is 3. The Labute approximate surface area is 233 Å². The summed E-state index contributed by atoms with van der Waals surface area (Å²) in [4.78, 5) is 31.0. The van der Waals surface area contributed by atoms with E-state index in [4.69, 9.17) is 14.2 Å². The molecule has 0 bridgehead atoms. The highest BCUT2D eigenvalue weighted by Crippen LogP contribution is 2.30. The fourth-order valence-electron chi connectivity index (χ4n) is 3.67. The minimum atomic E-state index is -0.732. The molecule has 3 rings (SSSR count). The van der Waals surface area contributed by atoms with E-state index >= 15 is 0 Å². The van der Waals surface area contributed by atoms with E-state index in [1.54, 1.807) is 69.4 Å². The van der Waals surface area contributed by atoms with E-state index < -0.39 is 17.7 Å². The molecule has 9 nitrogen and oxygen atoms in total. The SMILES string of the molecule is COC(=O)C=Cc1ncc(CN(C(=O)OC(C)(C)C)c2ccc(C#N)cc2)c(C)c1OCc1cccc(C#N)c1. The molecule has 2 aromatic carbocycles. The summed E-state index contributed by atoms with van der Waals surface area (Å²) in [5.41, 5.74) is 3.31. The van der Waals surface area contributed by atoms with Gasteiger partial charge in [-0.1, -0.05) is 12.1 Å². The van der Waals surface area contributed by atoms with Gasteiger partial charge in [-0.2, -0.15) is 10.5 Å². The van der Waals surface area contributed by atoms with Gasteiger partial charge >= 0.3 is 12.1 Å². The zero-order chi connectivity index (χ0) is 29.3. The number of rotatable bonds is 8. The third-order valence-electron chi connectivity index (χ3n) is 5.68. The normalized spacial score (nSPS) is 10.9. The molecule has 0 aliphatic heterocycles. The summed E-state index contributed by atoms with van der Waals surface area (Å²) in [7, 11) is 1.28. The van der Waals surface area contributed by atoms with E-state index in [1.165, 1.54) is 24.2 Å². The molecule has 0 spiro atoms. The monoisotopic (exact) mass is 538 g/mol. The predicted octanol–water partition coefficient (Wildman–Crippen LogP) is 5.84. The van der Waals surface area contributed by atoms with Gasteiger partial charge < -0.3 is 14.2 Å². The van der Waals surface area contributed by atoms with Crippen molar-refractivity contribution >= 4 is 23.8 Å². The molecule has 0 radical (unpaired) electrons. The molecule has 204 valence electrons. The lowest BCUT2D eigenvalue weighted by Crippen LogP contribution is -2.36. The quantitative estimate of drug-likeness (QED) is 0.259. The fraction of sp³-hybridized carbons (Fsp3) is 0.258. The summed E-state index contributed by atoms with van der Waals surface area (Å²) in [5, 5.41) is 18.4. The van der Waals surface area contributed by atoms with Crippen LogP contribution in [0.4, 0.5) is 10.5 Å². The Morgan fingerprint density at radius 3 is 2.38 bits per heavy atom. The molecule has 0 fully saturated rings. The van der Waals surface area contributed by atoms with E-state index in [-0.39, 0.29) is 13.2 Å². The van der Waals surface area contributed by atoms with Crippen LogP contribution < -0.4 is 9.64 Å². The van der Waals surface area contributed by atoms with Crippen LogP contribution >= 0.6 is 0 Å². The standard InChI is InChI=1S/C31H30N4O5/c1-21-25(19-35(30(37)40-31(2,3)4)26-11-9-22(16-32)10-12-26)18-34-27(13-14-28(36)38-5)29(21)39-20-24-8-6-7-23(15-24)17-33/h6-15,18H,19-20H2,1-5H3. The summed E-state index contributed by atoms with van der Waals surface area (Å²) < 4.78 is 16.5. The van der Waals surface area contributed by atoms with Gasteiger partial charge in [0.25, 0.3) is 0 Å². The molecule has 9 heteroatoms. The molecule has 0 aliphatic carbocycles. The molecule has 3 aromatic rings. The van der Waals surface area contributed by atoms with Crippen molar-refractivity contribution in [2.75, 3.05) is 12.0 Å². The van der Waals surface area contributed by atoms with E-state index in [9.17, 15) is 20.1 Å². The average Bonchev–Trinajstić information content (AvgIpc) is 2.94. The summed E-state index contributed by atoms with van der Waals surface area (Å²) in [6.45, 7) is 7.42. The largest absolute Gasteiger partial charge is 0.486 e. The number of carbonyl (C=O) groups excluding carboxylic acids is 2. The van der Waals surface area contributed by atoms with Gasteiger partial charge in [-0.15, -0.1) is 0 Å². The van der Waals surface area contributed by atoms with Gasteiger partial charge in [0.2, 0.25) is 0 Å². The van der Waals surface area contributed by atoms with Crippen LogP contribution in [-0.4, -0.2) is 29.8 Å². The van der Waals surface area contributed by atoms with E-state index in [2.05, 4.69) is 17.1 Å². The topological polar surface area (TPSA) is 126 Å². The Morgan fingerprint density at radius 1 is 1.05 bits per heavy atom. The lowest BCUT2D eigenvalue weighted by atomic mass is 10.1. The number of hydrogen-bond donors (Lipinski definition) is 0. The summed E-state index contributed by atoms with van der Waals surface area (Å²) in [6.07, 6.45) is 3.78. The van der Waals surface area contributed by atoms with Gasteiger partial charge in [0.15, 0.2) is 0 Å². The predicted molar refractivity (Wildman–Crippen MR) is 149 cm³/mol. The first-order valence-electron chi connectivity index (χ1n) is 12.4. The Balaban J connectivity index is 2.02. The number of benzene rings is 2. The third-order valence-corrected chi connectivity index (χ3v) is 5.68. The molecule has 0 N–H and O–H groups in total. The van der Waals surface area contributed by atoms with Crippen LogP contribution in [0.5, 0.6) is 5.75 Å². The van der Waals surface area contributed by atoms with Crippen LogP contribution in [0.3, 0.4) is 0 Å². The molecule has 0 atom stereocenters. The van der Waals surface area contributed by atoms with Gasteiger partial charge in [-0.05, 0) is 86.9 Å². The lowest BCUT2D eigenvalue weighted by molar-refractivity contribution is -0.134. The highest BCUT2D eigenvalue weighted by molar-refractivity contribution is 5.88. The molecule has 0 aliphatic rings. The number of aromatic nitrogens is 1. The first-order chi connectivity index (χ1) is 19.0. The zero-order valence-corrected chi connectivity index (χ0v) is 23.1. The number of amides is 1. The second kappa shape index (κ2) is 13.1. The number of hydrogen-bond acceptors (Lipinski definition) is 8. The second-order valence-corrected chi connectivity index (χ2v) is 9.81. The van der Waals surface area contributed by atoms with Gasteiger partial charge in [0.05, 0.1) is 36.9 Å². The summed E-state index contributed by atoms with van der Waals surface area (Å²) in [5.74, 6) is -0.142. The second-order valence-electron chi connectivity index (χ2n) is 9.81. The number of methoxy groups -OCH3 is 1. The highest BCUT2D eigenvalue weighted by atomic mass is 16.6. The number of anilines is 1. The van der Waals surface area contributed by atoms with Crippen LogP contribution in [0.1, 0.15) is 54.3 Å². The van der Waals surface area contributed by atoms with Crippen molar-refractivity contribution in [3.05, 3.63) is 94.3 Å². The van der Waals surface area contributed by atoms with E-state index in [1.807, 2.05) is 13.0 Å². The smallest absolute Gasteiger partial charge is 0.415 e. The van der Waals surface area contributed by atoms with Gasteiger partial charge in [-0.25, -0.2) is 9.59 Å². The lowest BCUT2D eigenvalue weighted by Gasteiger charge is -2.28. The minimum absolute atomic E-state index is 0.0981. The van der Waals surface area contributed by atoms with Gasteiger partial charge in [-0.3, -0.25) is 9.88 Å². The molecule has 0 unspecified atom stereocenters. The molecular formula is C31H30N4O5. The van der Waals surface area contributed by atoms with E-state index in [0.717, 1.165) is 5.56 Å². The van der Waals surface area contributed by atoms with Gasteiger partial charge in [0, 0.05) is 18.0 Å². The Morgan fingerprint density at radius 2 is 1.75 bits per heavy atom. The van der Waals surface area contributed by atoms with E-state index in [0.29, 0.717) is 39.4 Å². The molecule has 0 saturated carbocycles. The number of nitrogens with zero attached hydrogens (tertiary/aromatic N) is 4. The van der Waals surface area contributed by atoms with Crippen molar-refractivity contribution in [2.24, 2.45) is 0 Å². The molecule has 40 heavy (non-hydrogen) atoms. The first-order valence-corrected chi connectivity index (χ1v) is 12.4. The van der Waals surface area contributed by atoms with Gasteiger partial charge in [0.1, 0.15) is 23.7 Å². The molecular weight excluding hydrogens is 508 g/mol. The minimum Gasteiger partial charge on any atom is -0.486 e. The number of nitriles is 2. The molecule has 1 amide bonds. The Hall–Kier alpha value is -5.15. The maximum Gasteiger partial charge on any atom is 0.415 e. The third kappa shape index (κ3) is 7.92. The van der Waals surface area contributed by atoms with Crippen molar-refractivity contribution < 1.29 is 23.8 Å². The number of pyridine rings is 1. The van der Waals surface area contributed by atoms with Crippen molar-refractivity contribution in [2.45, 2.75) is 46.4 Å². The van der Waals surface area contributed by atoms with Crippen molar-refractivity contribution in [3.63, 3.8) is 0 Å². The van der Waals surface area contributed by atoms with Crippen LogP contribution in [-0.2, 0) is 27.4 Å². The molecule has 1 heterocycles.